The van der Waals surface area contributed by atoms with Gasteiger partial charge in [-0.15, -0.1) is 0 Å². The van der Waals surface area contributed by atoms with Gasteiger partial charge in [-0.1, -0.05) is 97.6 Å². The van der Waals surface area contributed by atoms with E-state index in [0.29, 0.717) is 6.61 Å². The molecule has 0 radical (unpaired) electrons. The highest BCUT2D eigenvalue weighted by Crippen LogP contribution is 2.40. The fourth-order valence-corrected chi connectivity index (χ4v) is 4.82. The molecule has 33 heavy (non-hydrogen) atoms. The third-order valence-corrected chi connectivity index (χ3v) is 6.46. The zero-order valence-corrected chi connectivity index (χ0v) is 19.2. The first kappa shape index (κ1) is 23.4. The lowest BCUT2D eigenvalue weighted by Crippen LogP contribution is -2.33. The van der Waals surface area contributed by atoms with Crippen molar-refractivity contribution in [2.24, 2.45) is 0 Å². The molecule has 1 saturated heterocycles. The summed E-state index contributed by atoms with van der Waals surface area (Å²) >= 11 is 0. The lowest BCUT2D eigenvalue weighted by atomic mass is 9.80. The van der Waals surface area contributed by atoms with Crippen molar-refractivity contribution in [1.29, 1.82) is 0 Å². The van der Waals surface area contributed by atoms with E-state index in [1.807, 2.05) is 18.2 Å². The number of benzene rings is 3. The third kappa shape index (κ3) is 5.44. The maximum atomic E-state index is 9.11. The van der Waals surface area contributed by atoms with E-state index in [0.717, 1.165) is 54.4 Å². The van der Waals surface area contributed by atoms with Crippen LogP contribution in [0.15, 0.2) is 103 Å². The van der Waals surface area contributed by atoms with Gasteiger partial charge in [0.05, 0.1) is 12.2 Å². The van der Waals surface area contributed by atoms with Gasteiger partial charge in [0.25, 0.3) is 0 Å². The molecule has 2 atom stereocenters. The average molecular weight is 443 g/mol. The molecular weight excluding hydrogens is 408 g/mol. The Kier molecular flexibility index (Phi) is 8.11. The summed E-state index contributed by atoms with van der Waals surface area (Å²) in [5.41, 5.74) is 3.85. The van der Waals surface area contributed by atoms with Gasteiger partial charge in [0, 0.05) is 13.2 Å². The van der Waals surface area contributed by atoms with Crippen molar-refractivity contribution in [3.63, 3.8) is 0 Å². The molecule has 0 spiro atoms. The summed E-state index contributed by atoms with van der Waals surface area (Å²) in [7, 11) is 0. The zero-order chi connectivity index (χ0) is 22.9. The van der Waals surface area contributed by atoms with Crippen LogP contribution in [0.4, 0.5) is 0 Å². The summed E-state index contributed by atoms with van der Waals surface area (Å²) in [4.78, 5) is 0. The lowest BCUT2D eigenvalue weighted by Gasteiger charge is -2.36. The Bertz CT molecular complexity index is 888. The molecular formula is C30H34O3. The van der Waals surface area contributed by atoms with Crippen molar-refractivity contribution in [2.45, 2.75) is 49.9 Å². The van der Waals surface area contributed by atoms with Crippen LogP contribution in [-0.2, 0) is 15.1 Å². The van der Waals surface area contributed by atoms with Crippen molar-refractivity contribution >= 4 is 0 Å². The number of ether oxygens (including phenoxy) is 2. The van der Waals surface area contributed by atoms with Gasteiger partial charge >= 0.3 is 0 Å². The molecule has 3 nitrogen and oxygen atoms in total. The summed E-state index contributed by atoms with van der Waals surface area (Å²) in [5, 5.41) is 9.11. The monoisotopic (exact) mass is 442 g/mol. The van der Waals surface area contributed by atoms with Crippen LogP contribution in [0.5, 0.6) is 0 Å². The van der Waals surface area contributed by atoms with Crippen LogP contribution in [-0.4, -0.2) is 30.5 Å². The van der Waals surface area contributed by atoms with Crippen LogP contribution in [0, 0.1) is 0 Å². The molecule has 0 bridgehead atoms. The van der Waals surface area contributed by atoms with Crippen LogP contribution in [0.2, 0.25) is 0 Å². The average Bonchev–Trinajstić information content (AvgIpc) is 3.23. The highest BCUT2D eigenvalue weighted by atomic mass is 16.5. The predicted octanol–water partition coefficient (Wildman–Crippen LogP) is 6.26. The van der Waals surface area contributed by atoms with Gasteiger partial charge in [0.2, 0.25) is 0 Å². The van der Waals surface area contributed by atoms with Gasteiger partial charge in [-0.2, -0.15) is 0 Å². The second kappa shape index (κ2) is 11.4. The van der Waals surface area contributed by atoms with Crippen LogP contribution in [0.1, 0.15) is 48.8 Å². The van der Waals surface area contributed by atoms with E-state index in [4.69, 9.17) is 14.6 Å². The van der Waals surface area contributed by atoms with Gasteiger partial charge in [-0.25, -0.2) is 0 Å². The Morgan fingerprint density at radius 1 is 0.788 bits per heavy atom. The molecule has 3 aromatic carbocycles. The molecule has 1 fully saturated rings. The number of rotatable bonds is 11. The first-order valence-electron chi connectivity index (χ1n) is 12.0. The van der Waals surface area contributed by atoms with E-state index < -0.39 is 5.60 Å². The topological polar surface area (TPSA) is 38.7 Å². The van der Waals surface area contributed by atoms with Crippen molar-refractivity contribution in [2.75, 3.05) is 13.2 Å². The summed E-state index contributed by atoms with van der Waals surface area (Å²) < 4.78 is 13.1. The predicted molar refractivity (Wildman–Crippen MR) is 133 cm³/mol. The molecule has 1 aliphatic heterocycles. The molecule has 172 valence electrons. The molecule has 1 heterocycles. The van der Waals surface area contributed by atoms with Gasteiger partial charge in [0.15, 0.2) is 0 Å². The highest BCUT2D eigenvalue weighted by Gasteiger charge is 2.37. The highest BCUT2D eigenvalue weighted by molar-refractivity contribution is 5.47. The van der Waals surface area contributed by atoms with Crippen molar-refractivity contribution in [1.82, 2.24) is 0 Å². The molecule has 4 rings (SSSR count). The summed E-state index contributed by atoms with van der Waals surface area (Å²) in [6.07, 6.45) is 4.61. The molecule has 0 amide bonds. The van der Waals surface area contributed by atoms with Gasteiger partial charge in [-0.3, -0.25) is 0 Å². The van der Waals surface area contributed by atoms with Crippen molar-refractivity contribution in [3.05, 3.63) is 120 Å². The van der Waals surface area contributed by atoms with E-state index in [9.17, 15) is 0 Å². The van der Waals surface area contributed by atoms with E-state index in [2.05, 4.69) is 79.4 Å². The molecule has 0 aliphatic carbocycles. The van der Waals surface area contributed by atoms with E-state index in [1.165, 1.54) is 0 Å². The van der Waals surface area contributed by atoms with Gasteiger partial charge in [-0.05, 0) is 54.4 Å². The van der Waals surface area contributed by atoms with Crippen LogP contribution in [0.25, 0.3) is 0 Å². The van der Waals surface area contributed by atoms with Crippen molar-refractivity contribution in [3.8, 4) is 0 Å². The molecule has 0 unspecified atom stereocenters. The minimum absolute atomic E-state index is 0.0834. The molecule has 1 N–H and O–H groups in total. The lowest BCUT2D eigenvalue weighted by molar-refractivity contribution is -0.00285. The Hall–Kier alpha value is -2.72. The standard InChI is InChI=1S/C30H34O3/c1-24-23-28(33-29(24)20-11-21-31)19-12-22-32-30(25-13-5-2-6-14-25,26-15-7-3-8-16-26)27-17-9-4-10-18-27/h2-10,13-18,28-29,31H,1,11-12,19-23H2/t28-,29-/m0/s1. The number of aliphatic hydroxyl groups is 1. The number of aliphatic hydroxyl groups excluding tert-OH is 1. The Morgan fingerprint density at radius 3 is 1.79 bits per heavy atom. The molecule has 1 aliphatic rings. The van der Waals surface area contributed by atoms with Crippen LogP contribution < -0.4 is 0 Å². The first-order valence-corrected chi connectivity index (χ1v) is 12.0. The van der Waals surface area contributed by atoms with E-state index in [-0.39, 0.29) is 18.8 Å². The normalized spacial score (nSPS) is 18.5. The molecule has 3 aromatic rings. The van der Waals surface area contributed by atoms with Gasteiger partial charge in [0.1, 0.15) is 5.60 Å². The third-order valence-electron chi connectivity index (χ3n) is 6.46. The zero-order valence-electron chi connectivity index (χ0n) is 19.2. The maximum Gasteiger partial charge on any atom is 0.143 e. The van der Waals surface area contributed by atoms with Crippen molar-refractivity contribution < 1.29 is 14.6 Å². The fourth-order valence-electron chi connectivity index (χ4n) is 4.82. The molecule has 3 heteroatoms. The van der Waals surface area contributed by atoms with Crippen LogP contribution >= 0.6 is 0 Å². The first-order chi connectivity index (χ1) is 16.2. The SMILES string of the molecule is C=C1C[C@H](CCCOC(c2ccccc2)(c2ccccc2)c2ccccc2)O[C@H]1CCCO. The molecule has 0 saturated carbocycles. The largest absolute Gasteiger partial charge is 0.396 e. The van der Waals surface area contributed by atoms with Gasteiger partial charge < -0.3 is 14.6 Å². The minimum Gasteiger partial charge on any atom is -0.396 e. The van der Waals surface area contributed by atoms with Crippen LogP contribution in [0.3, 0.4) is 0 Å². The van der Waals surface area contributed by atoms with E-state index in [1.54, 1.807) is 0 Å². The quantitative estimate of drug-likeness (QED) is 0.216. The smallest absolute Gasteiger partial charge is 0.143 e. The maximum absolute atomic E-state index is 9.11. The molecule has 0 aromatic heterocycles. The summed E-state index contributed by atoms with van der Waals surface area (Å²) in [6.45, 7) is 5.01. The Balaban J connectivity index is 1.52. The summed E-state index contributed by atoms with van der Waals surface area (Å²) in [6, 6.07) is 31.5. The number of hydrogen-bond acceptors (Lipinski definition) is 3. The summed E-state index contributed by atoms with van der Waals surface area (Å²) in [5.74, 6) is 0. The number of hydrogen-bond donors (Lipinski definition) is 1. The Labute approximate surface area is 197 Å². The second-order valence-corrected chi connectivity index (χ2v) is 8.74. The second-order valence-electron chi connectivity index (χ2n) is 8.74. The Morgan fingerprint density at radius 2 is 1.30 bits per heavy atom. The van der Waals surface area contributed by atoms with E-state index >= 15 is 0 Å². The minimum atomic E-state index is -0.673. The fraction of sp³-hybridized carbons (Fsp3) is 0.333.